The third kappa shape index (κ3) is 3.25. The van der Waals surface area contributed by atoms with Crippen LogP contribution >= 0.6 is 0 Å². The minimum Gasteiger partial charge on any atom is -0.237 e. The highest BCUT2D eigenvalue weighted by molar-refractivity contribution is 7.91. The van der Waals surface area contributed by atoms with Gasteiger partial charge in [-0.15, -0.1) is 0 Å². The first-order chi connectivity index (χ1) is 9.53. The molecule has 0 spiro atoms. The summed E-state index contributed by atoms with van der Waals surface area (Å²) in [6, 6.07) is 14.4. The minimum absolute atomic E-state index is 0.0169. The predicted molar refractivity (Wildman–Crippen MR) is 79.6 cm³/mol. The molecule has 0 amide bonds. The zero-order valence-electron chi connectivity index (χ0n) is 11.2. The molecule has 0 fully saturated rings. The molecule has 0 radical (unpaired) electrons. The van der Waals surface area contributed by atoms with Crippen LogP contribution in [-0.2, 0) is 16.3 Å². The van der Waals surface area contributed by atoms with Gasteiger partial charge in [-0.25, -0.2) is 13.3 Å². The summed E-state index contributed by atoms with van der Waals surface area (Å²) < 4.78 is 24.8. The van der Waals surface area contributed by atoms with Gasteiger partial charge < -0.3 is 0 Å². The summed E-state index contributed by atoms with van der Waals surface area (Å²) in [5.41, 5.74) is 2.02. The average Bonchev–Trinajstić information content (AvgIpc) is 2.46. The number of aryl methyl sites for hydroxylation is 2. The van der Waals surface area contributed by atoms with E-state index in [0.717, 1.165) is 11.1 Å². The fourth-order valence-electron chi connectivity index (χ4n) is 1.97. The topological polar surface area (TPSA) is 38.5 Å². The highest BCUT2D eigenvalue weighted by atomic mass is 32.2. The molecular formula is C16H15NO2S. The van der Waals surface area contributed by atoms with E-state index in [0.29, 0.717) is 6.42 Å². The predicted octanol–water partition coefficient (Wildman–Crippen LogP) is 3.56. The van der Waals surface area contributed by atoms with Crippen molar-refractivity contribution in [2.45, 2.75) is 18.2 Å². The summed E-state index contributed by atoms with van der Waals surface area (Å²) in [4.78, 5) is 3.45. The molecule has 102 valence electrons. The Hall–Kier alpha value is -2.12. The van der Waals surface area contributed by atoms with Crippen molar-refractivity contribution in [3.63, 3.8) is 0 Å². The first-order valence-electron chi connectivity index (χ1n) is 6.28. The molecule has 0 aliphatic rings. The van der Waals surface area contributed by atoms with Gasteiger partial charge in [-0.05, 0) is 18.9 Å². The molecular weight excluding hydrogens is 270 g/mol. The highest BCUT2D eigenvalue weighted by Gasteiger charge is 2.18. The number of nitrogens with zero attached hydrogens (tertiary/aromatic N) is 1. The molecule has 0 aliphatic carbocycles. The fourth-order valence-corrected chi connectivity index (χ4v) is 3.49. The van der Waals surface area contributed by atoms with Crippen LogP contribution in [0.1, 0.15) is 11.1 Å². The lowest BCUT2D eigenvalue weighted by Gasteiger charge is -2.07. The van der Waals surface area contributed by atoms with Gasteiger partial charge in [0.2, 0.25) is 5.69 Å². The molecule has 0 heterocycles. The Bertz CT molecular complexity index is 744. The van der Waals surface area contributed by atoms with Crippen LogP contribution in [-0.4, -0.2) is 14.2 Å². The van der Waals surface area contributed by atoms with E-state index in [1.54, 1.807) is 18.2 Å². The van der Waals surface area contributed by atoms with Gasteiger partial charge in [0, 0.05) is 0 Å². The van der Waals surface area contributed by atoms with E-state index >= 15 is 0 Å². The van der Waals surface area contributed by atoms with Gasteiger partial charge in [0.15, 0.2) is 9.84 Å². The summed E-state index contributed by atoms with van der Waals surface area (Å²) in [7, 11) is -3.44. The SMILES string of the molecule is [C-]#[N+]c1ccc(C)cc1S(=O)(=O)CCc1ccccc1. The number of hydrogen-bond donors (Lipinski definition) is 0. The van der Waals surface area contributed by atoms with E-state index in [9.17, 15) is 8.42 Å². The number of rotatable bonds is 4. The molecule has 0 N–H and O–H groups in total. The molecule has 0 saturated carbocycles. The Labute approximate surface area is 119 Å². The van der Waals surface area contributed by atoms with E-state index in [4.69, 9.17) is 6.57 Å². The van der Waals surface area contributed by atoms with Crippen LogP contribution in [0, 0.1) is 13.5 Å². The highest BCUT2D eigenvalue weighted by Crippen LogP contribution is 2.26. The Balaban J connectivity index is 2.27. The maximum Gasteiger partial charge on any atom is 0.205 e. The Morgan fingerprint density at radius 2 is 1.80 bits per heavy atom. The molecule has 2 rings (SSSR count). The first-order valence-corrected chi connectivity index (χ1v) is 7.93. The first kappa shape index (κ1) is 14.3. The van der Waals surface area contributed by atoms with Crippen LogP contribution in [0.3, 0.4) is 0 Å². The largest absolute Gasteiger partial charge is 0.237 e. The van der Waals surface area contributed by atoms with E-state index in [2.05, 4.69) is 4.85 Å². The smallest absolute Gasteiger partial charge is 0.205 e. The second-order valence-electron chi connectivity index (χ2n) is 4.64. The van der Waals surface area contributed by atoms with Crippen molar-refractivity contribution in [2.24, 2.45) is 0 Å². The third-order valence-electron chi connectivity index (χ3n) is 3.07. The van der Waals surface area contributed by atoms with Crippen molar-refractivity contribution in [3.8, 4) is 0 Å². The van der Waals surface area contributed by atoms with Gasteiger partial charge in [-0.2, -0.15) is 0 Å². The average molecular weight is 285 g/mol. The van der Waals surface area contributed by atoms with E-state index < -0.39 is 9.84 Å². The van der Waals surface area contributed by atoms with Crippen LogP contribution in [0.15, 0.2) is 53.4 Å². The lowest BCUT2D eigenvalue weighted by Crippen LogP contribution is -2.09. The van der Waals surface area contributed by atoms with Crippen molar-refractivity contribution in [1.29, 1.82) is 0 Å². The second-order valence-corrected chi connectivity index (χ2v) is 6.72. The van der Waals surface area contributed by atoms with Crippen molar-refractivity contribution >= 4 is 15.5 Å². The van der Waals surface area contributed by atoms with Crippen LogP contribution < -0.4 is 0 Å². The molecule has 0 aromatic heterocycles. The zero-order valence-corrected chi connectivity index (χ0v) is 12.0. The summed E-state index contributed by atoms with van der Waals surface area (Å²) in [5.74, 6) is 0.0169. The Morgan fingerprint density at radius 1 is 1.10 bits per heavy atom. The molecule has 0 unspecified atom stereocenters. The lowest BCUT2D eigenvalue weighted by atomic mass is 10.2. The normalized spacial score (nSPS) is 11.0. The van der Waals surface area contributed by atoms with Gasteiger partial charge in [0.05, 0.1) is 17.2 Å². The molecule has 0 atom stereocenters. The minimum atomic E-state index is -3.44. The quantitative estimate of drug-likeness (QED) is 0.806. The van der Waals surface area contributed by atoms with Gasteiger partial charge in [0.1, 0.15) is 0 Å². The Kier molecular flexibility index (Phi) is 4.21. The summed E-state index contributed by atoms with van der Waals surface area (Å²) >= 11 is 0. The maximum absolute atomic E-state index is 12.4. The molecule has 0 bridgehead atoms. The summed E-state index contributed by atoms with van der Waals surface area (Å²) in [6.07, 6.45) is 0.453. The van der Waals surface area contributed by atoms with Crippen LogP contribution in [0.5, 0.6) is 0 Å². The van der Waals surface area contributed by atoms with E-state index in [1.807, 2.05) is 37.3 Å². The number of benzene rings is 2. The Morgan fingerprint density at radius 3 is 2.45 bits per heavy atom. The van der Waals surface area contributed by atoms with Gasteiger partial charge in [-0.1, -0.05) is 54.1 Å². The molecule has 20 heavy (non-hydrogen) atoms. The molecule has 0 aliphatic heterocycles. The van der Waals surface area contributed by atoms with Crippen LogP contribution in [0.2, 0.25) is 0 Å². The van der Waals surface area contributed by atoms with Crippen molar-refractivity contribution in [2.75, 3.05) is 5.75 Å². The number of sulfone groups is 1. The molecule has 2 aromatic rings. The fraction of sp³-hybridized carbons (Fsp3) is 0.188. The third-order valence-corrected chi connectivity index (χ3v) is 4.81. The summed E-state index contributed by atoms with van der Waals surface area (Å²) in [5, 5.41) is 0. The van der Waals surface area contributed by atoms with Crippen molar-refractivity contribution in [1.82, 2.24) is 0 Å². The van der Waals surface area contributed by atoms with Crippen molar-refractivity contribution < 1.29 is 8.42 Å². The van der Waals surface area contributed by atoms with Gasteiger partial charge in [-0.3, -0.25) is 0 Å². The van der Waals surface area contributed by atoms with Crippen molar-refractivity contribution in [3.05, 3.63) is 71.1 Å². The molecule has 3 nitrogen and oxygen atoms in total. The van der Waals surface area contributed by atoms with Gasteiger partial charge in [0.25, 0.3) is 0 Å². The van der Waals surface area contributed by atoms with Gasteiger partial charge >= 0.3 is 0 Å². The van der Waals surface area contributed by atoms with Crippen LogP contribution in [0.4, 0.5) is 5.69 Å². The zero-order chi connectivity index (χ0) is 14.6. The molecule has 0 saturated heterocycles. The summed E-state index contributed by atoms with van der Waals surface area (Å²) in [6.45, 7) is 8.92. The van der Waals surface area contributed by atoms with E-state index in [-0.39, 0.29) is 16.3 Å². The second kappa shape index (κ2) is 5.89. The number of hydrogen-bond acceptors (Lipinski definition) is 2. The standard InChI is InChI=1S/C16H15NO2S/c1-13-8-9-15(17-2)16(12-13)20(18,19)11-10-14-6-4-3-5-7-14/h3-9,12H,10-11H2,1H3. The maximum atomic E-state index is 12.4. The molecule has 2 aromatic carbocycles. The lowest BCUT2D eigenvalue weighted by molar-refractivity contribution is 0.595. The molecule has 4 heteroatoms. The van der Waals surface area contributed by atoms with Crippen LogP contribution in [0.25, 0.3) is 4.85 Å². The monoisotopic (exact) mass is 285 g/mol. The van der Waals surface area contributed by atoms with E-state index in [1.165, 1.54) is 0 Å².